The van der Waals surface area contributed by atoms with Crippen molar-refractivity contribution in [2.45, 2.75) is 12.5 Å². The Morgan fingerprint density at radius 1 is 1.43 bits per heavy atom. The number of halogens is 2. The molecular formula is C14H11ClFNO3S3. The third kappa shape index (κ3) is 3.31. The summed E-state index contributed by atoms with van der Waals surface area (Å²) in [5, 5.41) is 0.193. The maximum atomic E-state index is 13.9. The van der Waals surface area contributed by atoms with E-state index in [9.17, 15) is 17.6 Å². The van der Waals surface area contributed by atoms with E-state index in [1.54, 1.807) is 0 Å². The van der Waals surface area contributed by atoms with Gasteiger partial charge in [0.15, 0.2) is 9.84 Å². The van der Waals surface area contributed by atoms with Crippen LogP contribution in [-0.4, -0.2) is 41.1 Å². The van der Waals surface area contributed by atoms with Crippen LogP contribution in [0, 0.1) is 5.82 Å². The number of benzene rings is 1. The van der Waals surface area contributed by atoms with E-state index in [0.29, 0.717) is 6.42 Å². The molecule has 1 aromatic rings. The molecule has 0 aliphatic carbocycles. The fourth-order valence-corrected chi connectivity index (χ4v) is 5.85. The van der Waals surface area contributed by atoms with E-state index in [1.165, 1.54) is 29.2 Å². The van der Waals surface area contributed by atoms with Crippen molar-refractivity contribution in [1.29, 1.82) is 0 Å². The molecule has 2 aliphatic rings. The zero-order valence-electron chi connectivity index (χ0n) is 11.7. The van der Waals surface area contributed by atoms with Gasteiger partial charge >= 0.3 is 0 Å². The van der Waals surface area contributed by atoms with Crippen molar-refractivity contribution in [3.05, 3.63) is 39.5 Å². The van der Waals surface area contributed by atoms with Crippen LogP contribution in [0.3, 0.4) is 0 Å². The fourth-order valence-electron chi connectivity index (χ4n) is 2.55. The van der Waals surface area contributed by atoms with E-state index >= 15 is 0 Å². The fraction of sp³-hybridized carbons (Fsp3) is 0.286. The van der Waals surface area contributed by atoms with Crippen molar-refractivity contribution in [2.75, 3.05) is 11.5 Å². The van der Waals surface area contributed by atoms with Gasteiger partial charge in [-0.1, -0.05) is 41.6 Å². The van der Waals surface area contributed by atoms with E-state index in [0.717, 1.165) is 11.8 Å². The van der Waals surface area contributed by atoms with Crippen LogP contribution in [0.5, 0.6) is 0 Å². The minimum Gasteiger partial charge on any atom is -0.289 e. The Kier molecular flexibility index (Phi) is 4.52. The van der Waals surface area contributed by atoms with Gasteiger partial charge in [0.2, 0.25) is 0 Å². The largest absolute Gasteiger partial charge is 0.289 e. The van der Waals surface area contributed by atoms with Crippen LogP contribution in [0.15, 0.2) is 23.1 Å². The molecule has 2 aliphatic heterocycles. The van der Waals surface area contributed by atoms with E-state index in [-0.39, 0.29) is 31.3 Å². The monoisotopic (exact) mass is 391 g/mol. The Morgan fingerprint density at radius 3 is 2.78 bits per heavy atom. The maximum absolute atomic E-state index is 13.9. The maximum Gasteiger partial charge on any atom is 0.266 e. The number of amides is 1. The molecule has 1 amide bonds. The van der Waals surface area contributed by atoms with E-state index in [1.807, 2.05) is 0 Å². The van der Waals surface area contributed by atoms with Crippen LogP contribution in [0.1, 0.15) is 12.0 Å². The minimum atomic E-state index is -3.13. The van der Waals surface area contributed by atoms with Crippen LogP contribution in [0.2, 0.25) is 5.02 Å². The average Bonchev–Trinajstić information content (AvgIpc) is 2.94. The minimum absolute atomic E-state index is 0.0485. The van der Waals surface area contributed by atoms with Gasteiger partial charge in [0, 0.05) is 5.56 Å². The molecule has 1 unspecified atom stereocenters. The third-order valence-electron chi connectivity index (χ3n) is 3.67. The molecule has 3 rings (SSSR count). The summed E-state index contributed by atoms with van der Waals surface area (Å²) in [7, 11) is -3.13. The number of sulfone groups is 1. The second-order valence-electron chi connectivity index (χ2n) is 5.24. The van der Waals surface area contributed by atoms with Crippen LogP contribution in [0.25, 0.3) is 6.08 Å². The van der Waals surface area contributed by atoms with Gasteiger partial charge in [-0.25, -0.2) is 12.8 Å². The predicted molar refractivity (Wildman–Crippen MR) is 93.5 cm³/mol. The van der Waals surface area contributed by atoms with Crippen LogP contribution in [0.4, 0.5) is 4.39 Å². The second kappa shape index (κ2) is 6.16. The molecular weight excluding hydrogens is 381 g/mol. The van der Waals surface area contributed by atoms with Crippen LogP contribution in [-0.2, 0) is 14.6 Å². The predicted octanol–water partition coefficient (Wildman–Crippen LogP) is 2.87. The summed E-state index contributed by atoms with van der Waals surface area (Å²) in [6.07, 6.45) is 1.73. The van der Waals surface area contributed by atoms with E-state index in [4.69, 9.17) is 23.8 Å². The van der Waals surface area contributed by atoms with Crippen LogP contribution >= 0.6 is 35.6 Å². The summed E-state index contributed by atoms with van der Waals surface area (Å²) in [6, 6.07) is 3.81. The Labute approximate surface area is 147 Å². The van der Waals surface area contributed by atoms with Gasteiger partial charge in [0.05, 0.1) is 27.5 Å². The molecule has 2 heterocycles. The average molecular weight is 392 g/mol. The normalized spacial score (nSPS) is 25.6. The standard InChI is InChI=1S/C14H11ClFNO3S3/c15-10-2-1-3-11(16)9(10)6-12-13(18)17(14(21)22-12)8-4-5-23(19,20)7-8/h1-3,6,8H,4-5,7H2. The van der Waals surface area contributed by atoms with E-state index in [2.05, 4.69) is 0 Å². The molecule has 23 heavy (non-hydrogen) atoms. The van der Waals surface area contributed by atoms with Gasteiger partial charge in [-0.15, -0.1) is 0 Å². The molecule has 1 aromatic carbocycles. The molecule has 0 spiro atoms. The van der Waals surface area contributed by atoms with Gasteiger partial charge < -0.3 is 0 Å². The Hall–Kier alpha value is -0.960. The summed E-state index contributed by atoms with van der Waals surface area (Å²) in [4.78, 5) is 14.1. The van der Waals surface area contributed by atoms with E-state index < -0.39 is 27.6 Å². The van der Waals surface area contributed by atoms with Crippen molar-refractivity contribution < 1.29 is 17.6 Å². The van der Waals surface area contributed by atoms with Crippen molar-refractivity contribution in [3.8, 4) is 0 Å². The highest BCUT2D eigenvalue weighted by Gasteiger charge is 2.42. The van der Waals surface area contributed by atoms with Crippen molar-refractivity contribution in [1.82, 2.24) is 4.90 Å². The van der Waals surface area contributed by atoms with Gasteiger partial charge in [0.1, 0.15) is 10.1 Å². The number of hydrogen-bond donors (Lipinski definition) is 0. The highest BCUT2D eigenvalue weighted by molar-refractivity contribution is 8.26. The molecule has 0 bridgehead atoms. The second-order valence-corrected chi connectivity index (χ2v) is 9.56. The Bertz CT molecular complexity index is 817. The zero-order chi connectivity index (χ0) is 16.8. The molecule has 2 fully saturated rings. The summed E-state index contributed by atoms with van der Waals surface area (Å²) in [6.45, 7) is 0. The van der Waals surface area contributed by atoms with Crippen molar-refractivity contribution >= 4 is 61.7 Å². The number of nitrogens with zero attached hydrogens (tertiary/aromatic N) is 1. The molecule has 0 aromatic heterocycles. The first-order valence-electron chi connectivity index (χ1n) is 6.70. The van der Waals surface area contributed by atoms with Gasteiger partial charge in [-0.3, -0.25) is 9.69 Å². The van der Waals surface area contributed by atoms with Crippen molar-refractivity contribution in [3.63, 3.8) is 0 Å². The summed E-state index contributed by atoms with van der Waals surface area (Å²) >= 11 is 12.2. The Balaban J connectivity index is 1.91. The smallest absolute Gasteiger partial charge is 0.266 e. The number of thiocarbonyl (C=S) groups is 1. The molecule has 0 radical (unpaired) electrons. The molecule has 9 heteroatoms. The number of hydrogen-bond acceptors (Lipinski definition) is 5. The highest BCUT2D eigenvalue weighted by atomic mass is 35.5. The zero-order valence-corrected chi connectivity index (χ0v) is 14.9. The molecule has 1 atom stereocenters. The first-order chi connectivity index (χ1) is 10.8. The first kappa shape index (κ1) is 16.9. The van der Waals surface area contributed by atoms with Crippen LogP contribution < -0.4 is 0 Å². The van der Waals surface area contributed by atoms with Gasteiger partial charge in [-0.2, -0.15) is 0 Å². The topological polar surface area (TPSA) is 54.5 Å². The van der Waals surface area contributed by atoms with Gasteiger partial charge in [-0.05, 0) is 24.6 Å². The number of carbonyl (C=O) groups is 1. The SMILES string of the molecule is O=C1C(=Cc2c(F)cccc2Cl)SC(=S)N1C1CCS(=O)(=O)C1. The molecule has 122 valence electrons. The molecule has 2 saturated heterocycles. The first-order valence-corrected chi connectivity index (χ1v) is 10.1. The molecule has 0 saturated carbocycles. The number of rotatable bonds is 2. The number of carbonyl (C=O) groups excluding carboxylic acids is 1. The van der Waals surface area contributed by atoms with Gasteiger partial charge in [0.25, 0.3) is 5.91 Å². The van der Waals surface area contributed by atoms with Crippen molar-refractivity contribution in [2.24, 2.45) is 0 Å². The molecule has 0 N–H and O–H groups in total. The number of thioether (sulfide) groups is 1. The quantitative estimate of drug-likeness (QED) is 0.573. The lowest BCUT2D eigenvalue weighted by molar-refractivity contribution is -0.123. The summed E-state index contributed by atoms with van der Waals surface area (Å²) in [5.41, 5.74) is 0.119. The Morgan fingerprint density at radius 2 is 2.17 bits per heavy atom. The lowest BCUT2D eigenvalue weighted by atomic mass is 10.2. The summed E-state index contributed by atoms with van der Waals surface area (Å²) < 4.78 is 37.3. The lowest BCUT2D eigenvalue weighted by Crippen LogP contribution is -2.39. The molecule has 4 nitrogen and oxygen atoms in total. The summed E-state index contributed by atoms with van der Waals surface area (Å²) in [5.74, 6) is -0.979. The third-order valence-corrected chi connectivity index (χ3v) is 7.08. The lowest BCUT2D eigenvalue weighted by Gasteiger charge is -2.20. The highest BCUT2D eigenvalue weighted by Crippen LogP contribution is 2.37.